The van der Waals surface area contributed by atoms with Crippen molar-refractivity contribution in [2.24, 2.45) is 5.41 Å². The molecule has 1 aliphatic carbocycles. The Morgan fingerprint density at radius 1 is 1.14 bits per heavy atom. The second kappa shape index (κ2) is 5.73. The molecule has 0 atom stereocenters. The highest BCUT2D eigenvalue weighted by Crippen LogP contribution is 2.55. The molecule has 0 aromatic carbocycles. The largest absolute Gasteiger partial charge is 0.437 e. The number of furan rings is 1. The van der Waals surface area contributed by atoms with Crippen molar-refractivity contribution in [3.8, 4) is 11.3 Å². The maximum absolute atomic E-state index is 14.8. The summed E-state index contributed by atoms with van der Waals surface area (Å²) in [5, 5.41) is 0.453. The summed E-state index contributed by atoms with van der Waals surface area (Å²) in [5.74, 6) is -2.25. The summed E-state index contributed by atoms with van der Waals surface area (Å²) in [6.45, 7) is -0.176. The Morgan fingerprint density at radius 2 is 1.93 bits per heavy atom. The van der Waals surface area contributed by atoms with E-state index in [4.69, 9.17) is 4.42 Å². The van der Waals surface area contributed by atoms with Crippen molar-refractivity contribution in [3.05, 3.63) is 39.4 Å². The zero-order valence-corrected chi connectivity index (χ0v) is 14.8. The lowest BCUT2D eigenvalue weighted by molar-refractivity contribution is -0.0795. The van der Waals surface area contributed by atoms with Crippen LogP contribution in [0.2, 0.25) is 0 Å². The molecule has 1 spiro atoms. The molecule has 0 radical (unpaired) electrons. The van der Waals surface area contributed by atoms with Crippen LogP contribution in [0.1, 0.15) is 25.7 Å². The fraction of sp³-hybridized carbons (Fsp3) is 0.444. The van der Waals surface area contributed by atoms with Gasteiger partial charge in [-0.1, -0.05) is 12.8 Å². The van der Waals surface area contributed by atoms with Crippen LogP contribution in [0.4, 0.5) is 14.6 Å². The molecule has 2 aliphatic rings. The van der Waals surface area contributed by atoms with E-state index in [1.54, 1.807) is 11.0 Å². The third kappa shape index (κ3) is 2.40. The monoisotopic (exact) mass is 389 g/mol. The standard InChI is InChI=1S/C18H17F2N5O3/c19-18(20)8-25(7-17(18)3-1-2-4-17)13-10-5-12(28-15(10)23-9-22-13)11-6-21-16(27)24-14(11)26/h5-6,9H,1-4,7-8H2,(H2,21,24,26,27). The second-order valence-corrected chi connectivity index (χ2v) is 7.56. The first-order chi connectivity index (χ1) is 13.4. The number of anilines is 1. The van der Waals surface area contributed by atoms with Gasteiger partial charge in [-0.05, 0) is 18.9 Å². The van der Waals surface area contributed by atoms with Gasteiger partial charge in [0.05, 0.1) is 22.9 Å². The summed E-state index contributed by atoms with van der Waals surface area (Å²) in [6, 6.07) is 1.55. The average Bonchev–Trinajstić information content (AvgIpc) is 3.33. The Kier molecular flexibility index (Phi) is 3.49. The summed E-state index contributed by atoms with van der Waals surface area (Å²) >= 11 is 0. The van der Waals surface area contributed by atoms with Gasteiger partial charge in [0.1, 0.15) is 17.9 Å². The molecule has 2 N–H and O–H groups in total. The number of fused-ring (bicyclic) bond motifs is 1. The molecule has 0 bridgehead atoms. The van der Waals surface area contributed by atoms with Gasteiger partial charge in [0.25, 0.3) is 11.5 Å². The van der Waals surface area contributed by atoms with Gasteiger partial charge in [-0.3, -0.25) is 9.78 Å². The minimum atomic E-state index is -2.79. The number of hydrogen-bond donors (Lipinski definition) is 2. The van der Waals surface area contributed by atoms with Crippen LogP contribution < -0.4 is 16.1 Å². The van der Waals surface area contributed by atoms with Gasteiger partial charge in [0, 0.05) is 12.7 Å². The van der Waals surface area contributed by atoms with Gasteiger partial charge in [0.2, 0.25) is 5.71 Å². The summed E-state index contributed by atoms with van der Waals surface area (Å²) in [4.78, 5) is 37.6. The third-order valence-corrected chi connectivity index (χ3v) is 5.91. The van der Waals surface area contributed by atoms with Crippen LogP contribution in [-0.4, -0.2) is 38.9 Å². The number of rotatable bonds is 2. The fourth-order valence-electron chi connectivity index (χ4n) is 4.49. The number of aromatic amines is 2. The van der Waals surface area contributed by atoms with E-state index in [0.29, 0.717) is 24.0 Å². The summed E-state index contributed by atoms with van der Waals surface area (Å²) in [7, 11) is 0. The van der Waals surface area contributed by atoms with Gasteiger partial charge >= 0.3 is 5.69 Å². The first kappa shape index (κ1) is 17.1. The van der Waals surface area contributed by atoms with Gasteiger partial charge < -0.3 is 14.3 Å². The normalized spacial score (nSPS) is 20.4. The Bertz CT molecular complexity index is 1180. The van der Waals surface area contributed by atoms with Crippen LogP contribution in [0.15, 0.2) is 32.6 Å². The quantitative estimate of drug-likeness (QED) is 0.696. The van der Waals surface area contributed by atoms with Crippen LogP contribution in [0.5, 0.6) is 0 Å². The highest BCUT2D eigenvalue weighted by molar-refractivity contribution is 5.89. The van der Waals surface area contributed by atoms with Crippen LogP contribution in [0, 0.1) is 5.41 Å². The molecule has 3 aromatic heterocycles. The van der Waals surface area contributed by atoms with Crippen molar-refractivity contribution in [1.82, 2.24) is 19.9 Å². The molecule has 28 heavy (non-hydrogen) atoms. The van der Waals surface area contributed by atoms with Gasteiger partial charge in [-0.2, -0.15) is 0 Å². The number of halogens is 2. The number of alkyl halides is 2. The average molecular weight is 389 g/mol. The minimum Gasteiger partial charge on any atom is -0.437 e. The molecular formula is C18H17F2N5O3. The lowest BCUT2D eigenvalue weighted by atomic mass is 9.82. The Morgan fingerprint density at radius 3 is 2.68 bits per heavy atom. The Hall–Kier alpha value is -3.04. The minimum absolute atomic E-state index is 0.113. The van der Waals surface area contributed by atoms with Crippen molar-refractivity contribution in [1.29, 1.82) is 0 Å². The molecule has 146 valence electrons. The van der Waals surface area contributed by atoms with Crippen molar-refractivity contribution in [3.63, 3.8) is 0 Å². The maximum Gasteiger partial charge on any atom is 0.325 e. The third-order valence-electron chi connectivity index (χ3n) is 5.91. The van der Waals surface area contributed by atoms with Crippen LogP contribution in [0.25, 0.3) is 22.4 Å². The zero-order valence-electron chi connectivity index (χ0n) is 14.8. The van der Waals surface area contributed by atoms with Gasteiger partial charge in [-0.15, -0.1) is 0 Å². The molecule has 8 nitrogen and oxygen atoms in total. The van der Waals surface area contributed by atoms with E-state index in [1.165, 1.54) is 12.5 Å². The van der Waals surface area contributed by atoms with Gasteiger partial charge in [-0.25, -0.2) is 23.5 Å². The zero-order chi connectivity index (χ0) is 19.5. The molecule has 4 heterocycles. The van der Waals surface area contributed by atoms with Crippen LogP contribution in [0.3, 0.4) is 0 Å². The summed E-state index contributed by atoms with van der Waals surface area (Å²) < 4.78 is 35.3. The molecule has 1 aliphatic heterocycles. The van der Waals surface area contributed by atoms with E-state index in [0.717, 1.165) is 12.8 Å². The second-order valence-electron chi connectivity index (χ2n) is 7.56. The number of H-pyrrole nitrogens is 2. The topological polar surface area (TPSA) is 108 Å². The van der Waals surface area contributed by atoms with Gasteiger partial charge in [0.15, 0.2) is 0 Å². The molecule has 0 unspecified atom stereocenters. The van der Waals surface area contributed by atoms with Crippen molar-refractivity contribution in [2.75, 3.05) is 18.0 Å². The molecule has 10 heteroatoms. The predicted molar refractivity (Wildman–Crippen MR) is 96.5 cm³/mol. The SMILES string of the molecule is O=c1[nH]cc(-c2cc3c(N4CC(F)(F)C5(CCCC5)C4)ncnc3o2)c(=O)[nH]1. The molecular weight excluding hydrogens is 372 g/mol. The molecule has 1 saturated carbocycles. The predicted octanol–water partition coefficient (Wildman–Crippen LogP) is 2.28. The fourth-order valence-corrected chi connectivity index (χ4v) is 4.49. The number of nitrogens with zero attached hydrogens (tertiary/aromatic N) is 3. The molecule has 1 saturated heterocycles. The number of nitrogens with one attached hydrogen (secondary N) is 2. The Balaban J connectivity index is 1.59. The smallest absolute Gasteiger partial charge is 0.325 e. The highest BCUT2D eigenvalue weighted by atomic mass is 19.3. The maximum atomic E-state index is 14.8. The first-order valence-electron chi connectivity index (χ1n) is 9.08. The highest BCUT2D eigenvalue weighted by Gasteiger charge is 2.61. The molecule has 3 aromatic rings. The van der Waals surface area contributed by atoms with E-state index in [9.17, 15) is 18.4 Å². The number of hydrogen-bond acceptors (Lipinski definition) is 6. The van der Waals surface area contributed by atoms with E-state index >= 15 is 0 Å². The lowest BCUT2D eigenvalue weighted by Gasteiger charge is -2.28. The van der Waals surface area contributed by atoms with E-state index < -0.39 is 29.1 Å². The lowest BCUT2D eigenvalue weighted by Crippen LogP contribution is -2.37. The first-order valence-corrected chi connectivity index (χ1v) is 9.08. The van der Waals surface area contributed by atoms with Crippen LogP contribution >= 0.6 is 0 Å². The molecule has 2 fully saturated rings. The number of aromatic nitrogens is 4. The summed E-state index contributed by atoms with van der Waals surface area (Å²) in [6.07, 6.45) is 5.15. The Labute approximate surface area is 156 Å². The van der Waals surface area contributed by atoms with Crippen molar-refractivity contribution >= 4 is 16.9 Å². The van der Waals surface area contributed by atoms with Crippen molar-refractivity contribution in [2.45, 2.75) is 31.6 Å². The van der Waals surface area contributed by atoms with Crippen LogP contribution in [-0.2, 0) is 0 Å². The van der Waals surface area contributed by atoms with E-state index in [-0.39, 0.29) is 23.6 Å². The van der Waals surface area contributed by atoms with Crippen molar-refractivity contribution < 1.29 is 13.2 Å². The summed E-state index contributed by atoms with van der Waals surface area (Å²) in [5.41, 5.74) is -1.95. The van der Waals surface area contributed by atoms with E-state index in [1.807, 2.05) is 0 Å². The molecule has 0 amide bonds. The molecule has 5 rings (SSSR count). The van der Waals surface area contributed by atoms with E-state index in [2.05, 4.69) is 19.9 Å².